The molecule has 0 radical (unpaired) electrons. The molecule has 0 bridgehead atoms. The number of likely N-dealkylation sites (tertiary alicyclic amines) is 1. The maximum Gasteiger partial charge on any atom is 0.319 e. The van der Waals surface area contributed by atoms with Gasteiger partial charge in [-0.3, -0.25) is 9.78 Å². The number of halogens is 2. The summed E-state index contributed by atoms with van der Waals surface area (Å²) in [6.07, 6.45) is 7.64. The number of ether oxygens (including phenoxy) is 1. The summed E-state index contributed by atoms with van der Waals surface area (Å²) in [6, 6.07) is 7.95. The molecule has 0 saturated carbocycles. The van der Waals surface area contributed by atoms with Crippen LogP contribution in [0.25, 0.3) is 32.9 Å². The first kappa shape index (κ1) is 31.9. The molecule has 0 aliphatic carbocycles. The fraction of sp³-hybridized carbons (Fsp3) is 0.417. The molecule has 48 heavy (non-hydrogen) atoms. The number of carbonyl (C=O) groups excluding carboxylic acids is 1. The molecule has 5 aromatic rings. The van der Waals surface area contributed by atoms with E-state index in [4.69, 9.17) is 9.72 Å². The molecule has 2 aliphatic rings. The zero-order valence-electron chi connectivity index (χ0n) is 27.4. The van der Waals surface area contributed by atoms with Gasteiger partial charge in [0.1, 0.15) is 35.2 Å². The van der Waals surface area contributed by atoms with Crippen LogP contribution in [-0.4, -0.2) is 80.0 Å². The number of benzene rings is 2. The third kappa shape index (κ3) is 5.93. The molecule has 2 aromatic carbocycles. The lowest BCUT2D eigenvalue weighted by Crippen LogP contribution is -2.31. The van der Waals surface area contributed by atoms with Crippen LogP contribution in [0.3, 0.4) is 0 Å². The molecular formula is C36H39F2N7O3. The van der Waals surface area contributed by atoms with E-state index in [1.165, 1.54) is 22.9 Å². The van der Waals surface area contributed by atoms with Crippen molar-refractivity contribution in [3.8, 4) is 23.0 Å². The van der Waals surface area contributed by atoms with Crippen molar-refractivity contribution in [3.63, 3.8) is 0 Å². The summed E-state index contributed by atoms with van der Waals surface area (Å²) in [5, 5.41) is 16.4. The summed E-state index contributed by atoms with van der Waals surface area (Å²) in [4.78, 5) is 31.5. The van der Waals surface area contributed by atoms with Gasteiger partial charge in [0, 0.05) is 43.0 Å². The van der Waals surface area contributed by atoms with Gasteiger partial charge in [-0.1, -0.05) is 13.0 Å². The van der Waals surface area contributed by atoms with Crippen molar-refractivity contribution in [2.75, 3.05) is 38.2 Å². The smallest absolute Gasteiger partial charge is 0.319 e. The normalized spacial score (nSPS) is 18.9. The van der Waals surface area contributed by atoms with Crippen LogP contribution < -0.4 is 9.64 Å². The van der Waals surface area contributed by atoms with Gasteiger partial charge in [0.25, 0.3) is 0 Å². The largest absolute Gasteiger partial charge is 0.508 e. The van der Waals surface area contributed by atoms with Crippen molar-refractivity contribution in [1.82, 2.24) is 29.6 Å². The van der Waals surface area contributed by atoms with Crippen LogP contribution >= 0.6 is 0 Å². The van der Waals surface area contributed by atoms with Crippen LogP contribution in [0.5, 0.6) is 11.8 Å². The lowest BCUT2D eigenvalue weighted by Gasteiger charge is -2.24. The highest BCUT2D eigenvalue weighted by Gasteiger charge is 2.29. The third-order valence-electron chi connectivity index (χ3n) is 9.81. The highest BCUT2D eigenvalue weighted by molar-refractivity contribution is 6.01. The molecule has 2 atom stereocenters. The van der Waals surface area contributed by atoms with Crippen molar-refractivity contribution in [3.05, 3.63) is 65.6 Å². The number of aromatic hydroxyl groups is 1. The minimum Gasteiger partial charge on any atom is -0.508 e. The molecule has 0 amide bonds. The Hall–Kier alpha value is -4.71. The first-order valence-electron chi connectivity index (χ1n) is 16.7. The summed E-state index contributed by atoms with van der Waals surface area (Å²) in [6.45, 7) is 6.12. The van der Waals surface area contributed by atoms with Gasteiger partial charge in [-0.05, 0) is 99.6 Å². The van der Waals surface area contributed by atoms with Crippen molar-refractivity contribution < 1.29 is 23.4 Å². The van der Waals surface area contributed by atoms with Crippen LogP contribution in [0.15, 0.2) is 42.7 Å². The maximum atomic E-state index is 16.9. The Morgan fingerprint density at radius 1 is 1.06 bits per heavy atom. The second-order valence-corrected chi connectivity index (χ2v) is 12.9. The molecule has 1 unspecified atom stereocenters. The van der Waals surface area contributed by atoms with Gasteiger partial charge in [-0.2, -0.15) is 15.1 Å². The molecular weight excluding hydrogens is 616 g/mol. The molecule has 1 N–H and O–H groups in total. The molecule has 12 heteroatoms. The summed E-state index contributed by atoms with van der Waals surface area (Å²) in [5.74, 6) is -0.980. The molecule has 250 valence electrons. The lowest BCUT2D eigenvalue weighted by atomic mass is 9.94. The number of pyridine rings is 1. The number of aromatic nitrogens is 5. The Balaban J connectivity index is 1.31. The summed E-state index contributed by atoms with van der Waals surface area (Å²) < 4.78 is 39.4. The fourth-order valence-corrected chi connectivity index (χ4v) is 7.19. The number of aryl methyl sites for hydroxylation is 2. The topological polar surface area (TPSA) is 110 Å². The van der Waals surface area contributed by atoms with E-state index >= 15 is 4.39 Å². The van der Waals surface area contributed by atoms with Gasteiger partial charge in [0.15, 0.2) is 5.82 Å². The average molecular weight is 656 g/mol. The van der Waals surface area contributed by atoms with Crippen molar-refractivity contribution >= 4 is 33.4 Å². The first-order chi connectivity index (χ1) is 23.2. The van der Waals surface area contributed by atoms with Gasteiger partial charge < -0.3 is 19.6 Å². The van der Waals surface area contributed by atoms with Crippen LogP contribution in [0, 0.1) is 24.5 Å². The summed E-state index contributed by atoms with van der Waals surface area (Å²) >= 11 is 0. The molecule has 5 heterocycles. The predicted molar refractivity (Wildman–Crippen MR) is 180 cm³/mol. The Kier molecular flexibility index (Phi) is 8.67. The van der Waals surface area contributed by atoms with E-state index in [1.54, 1.807) is 18.5 Å². The quantitative estimate of drug-likeness (QED) is 0.216. The van der Waals surface area contributed by atoms with E-state index in [2.05, 4.69) is 31.9 Å². The molecule has 0 spiro atoms. The van der Waals surface area contributed by atoms with E-state index in [0.717, 1.165) is 31.5 Å². The van der Waals surface area contributed by atoms with Gasteiger partial charge in [-0.15, -0.1) is 0 Å². The Morgan fingerprint density at radius 2 is 1.90 bits per heavy atom. The van der Waals surface area contributed by atoms with Gasteiger partial charge in [-0.25, -0.2) is 13.5 Å². The first-order valence-corrected chi connectivity index (χ1v) is 16.7. The number of hydrogen-bond acceptors (Lipinski definition) is 9. The second kappa shape index (κ2) is 13.1. The molecule has 2 fully saturated rings. The average Bonchev–Trinajstić information content (AvgIpc) is 3.62. The third-order valence-corrected chi connectivity index (χ3v) is 9.81. The number of hydrogen-bond donors (Lipinski definition) is 1. The van der Waals surface area contributed by atoms with Crippen LogP contribution in [-0.2, 0) is 6.42 Å². The number of rotatable bonds is 7. The number of carbonyl (C=O) groups is 1. The van der Waals surface area contributed by atoms with Crippen molar-refractivity contribution in [2.45, 2.75) is 58.4 Å². The minimum absolute atomic E-state index is 0.0228. The Morgan fingerprint density at radius 3 is 2.65 bits per heavy atom. The molecule has 2 aliphatic heterocycles. The molecule has 10 nitrogen and oxygen atoms in total. The number of anilines is 1. The zero-order valence-corrected chi connectivity index (χ0v) is 27.4. The fourth-order valence-electron chi connectivity index (χ4n) is 7.19. The Bertz CT molecular complexity index is 2020. The number of fused-ring (bicyclic) bond motifs is 2. The SMILES string of the molecule is CCc1c(F)ccc2cc(O)cc(-c3ncc4c(N5CCCC(C(=O)n6ccc(C)n6)CC5)nc(OC[C@@H]5CCCN5C)nc4c3F)c12. The number of phenols is 1. The van der Waals surface area contributed by atoms with Crippen LogP contribution in [0.4, 0.5) is 14.6 Å². The van der Waals surface area contributed by atoms with E-state index in [0.29, 0.717) is 66.5 Å². The van der Waals surface area contributed by atoms with Gasteiger partial charge in [0.2, 0.25) is 5.91 Å². The zero-order chi connectivity index (χ0) is 33.5. The van der Waals surface area contributed by atoms with Gasteiger partial charge >= 0.3 is 6.01 Å². The van der Waals surface area contributed by atoms with Crippen LogP contribution in [0.2, 0.25) is 0 Å². The summed E-state index contributed by atoms with van der Waals surface area (Å²) in [5.41, 5.74) is 1.45. The van der Waals surface area contributed by atoms with Crippen molar-refractivity contribution in [1.29, 1.82) is 0 Å². The number of likely N-dealkylation sites (N-methyl/N-ethyl adjacent to an activating group) is 1. The highest BCUT2D eigenvalue weighted by Crippen LogP contribution is 2.39. The predicted octanol–water partition coefficient (Wildman–Crippen LogP) is 6.32. The number of phenolic OH excluding ortho intramolecular Hbond substituents is 1. The standard InChI is InChI=1S/C36H39F2N7O3/c1-4-26-29(37)10-9-23-17-25(46)18-27(30(23)26)32-31(38)33-28(19-39-32)34(41-36(40-33)48-20-24-8-6-13-43(24)3)44-14-5-7-22(12-15-44)35(47)45-16-11-21(2)42-45/h9-11,16-19,22,24,46H,4-8,12-15,20H2,1-3H3/t22?,24-/m0/s1. The number of nitrogens with zero attached hydrogens (tertiary/aromatic N) is 7. The van der Waals surface area contributed by atoms with E-state index in [1.807, 2.05) is 19.9 Å². The molecule has 2 saturated heterocycles. The van der Waals surface area contributed by atoms with E-state index < -0.39 is 11.6 Å². The van der Waals surface area contributed by atoms with E-state index in [9.17, 15) is 14.3 Å². The molecule has 3 aromatic heterocycles. The maximum absolute atomic E-state index is 16.9. The second-order valence-electron chi connectivity index (χ2n) is 12.9. The monoisotopic (exact) mass is 655 g/mol. The van der Waals surface area contributed by atoms with Crippen molar-refractivity contribution in [2.24, 2.45) is 5.92 Å². The van der Waals surface area contributed by atoms with Crippen LogP contribution in [0.1, 0.15) is 55.1 Å². The van der Waals surface area contributed by atoms with Gasteiger partial charge in [0.05, 0.1) is 11.1 Å². The molecule has 7 rings (SSSR count). The minimum atomic E-state index is -0.714. The highest BCUT2D eigenvalue weighted by atomic mass is 19.1. The van der Waals surface area contributed by atoms with E-state index in [-0.39, 0.29) is 46.4 Å². The lowest BCUT2D eigenvalue weighted by molar-refractivity contribution is 0.0806. The Labute approximate surface area is 277 Å². The summed E-state index contributed by atoms with van der Waals surface area (Å²) in [7, 11) is 2.05.